The topological polar surface area (TPSA) is 38.5 Å². The van der Waals surface area contributed by atoms with Crippen LogP contribution >= 0.6 is 0 Å². The number of benzene rings is 1. The Morgan fingerprint density at radius 3 is 2.89 bits per heavy atom. The fourth-order valence-corrected chi connectivity index (χ4v) is 3.38. The molecule has 3 heteroatoms. The van der Waals surface area contributed by atoms with Gasteiger partial charge in [0, 0.05) is 18.6 Å². The normalized spacial score (nSPS) is 31.6. The standard InChI is InChI=1S/C15H22N2O/c1-10-5-6-17(9-10)14-7-11-3-4-12(18-2)8-13(11)15(14)16/h3-4,8,10,14-15H,5-7,9,16H2,1-2H3. The molecule has 2 aliphatic rings. The van der Waals surface area contributed by atoms with Gasteiger partial charge in [-0.1, -0.05) is 13.0 Å². The first-order valence-corrected chi connectivity index (χ1v) is 6.85. The first kappa shape index (κ1) is 12.0. The highest BCUT2D eigenvalue weighted by atomic mass is 16.5. The van der Waals surface area contributed by atoms with E-state index in [9.17, 15) is 0 Å². The Morgan fingerprint density at radius 1 is 1.39 bits per heavy atom. The lowest BCUT2D eigenvalue weighted by atomic mass is 10.1. The van der Waals surface area contributed by atoms with Gasteiger partial charge in [-0.05, 0) is 48.6 Å². The van der Waals surface area contributed by atoms with Crippen molar-refractivity contribution in [1.82, 2.24) is 4.90 Å². The summed E-state index contributed by atoms with van der Waals surface area (Å²) in [4.78, 5) is 2.57. The summed E-state index contributed by atoms with van der Waals surface area (Å²) in [6.07, 6.45) is 2.40. The van der Waals surface area contributed by atoms with Gasteiger partial charge in [-0.25, -0.2) is 0 Å². The molecule has 3 atom stereocenters. The van der Waals surface area contributed by atoms with Crippen molar-refractivity contribution in [3.63, 3.8) is 0 Å². The van der Waals surface area contributed by atoms with E-state index in [0.717, 1.165) is 18.1 Å². The van der Waals surface area contributed by atoms with Crippen LogP contribution in [-0.2, 0) is 6.42 Å². The molecule has 0 spiro atoms. The van der Waals surface area contributed by atoms with E-state index < -0.39 is 0 Å². The second-order valence-electron chi connectivity index (χ2n) is 5.75. The van der Waals surface area contributed by atoms with Crippen LogP contribution in [-0.4, -0.2) is 31.1 Å². The molecule has 1 aromatic rings. The third-order valence-corrected chi connectivity index (χ3v) is 4.48. The van der Waals surface area contributed by atoms with Crippen LogP contribution in [0, 0.1) is 5.92 Å². The molecule has 3 nitrogen and oxygen atoms in total. The first-order valence-electron chi connectivity index (χ1n) is 6.85. The highest BCUT2D eigenvalue weighted by Gasteiger charge is 2.36. The number of ether oxygens (including phenoxy) is 1. The number of rotatable bonds is 2. The summed E-state index contributed by atoms with van der Waals surface area (Å²) < 4.78 is 5.30. The summed E-state index contributed by atoms with van der Waals surface area (Å²) in [5, 5.41) is 0. The van der Waals surface area contributed by atoms with Crippen molar-refractivity contribution in [3.8, 4) is 5.75 Å². The minimum absolute atomic E-state index is 0.139. The Kier molecular flexibility index (Phi) is 3.04. The van der Waals surface area contributed by atoms with E-state index in [4.69, 9.17) is 10.5 Å². The maximum Gasteiger partial charge on any atom is 0.119 e. The van der Waals surface area contributed by atoms with Gasteiger partial charge in [-0.2, -0.15) is 0 Å². The van der Waals surface area contributed by atoms with Crippen LogP contribution in [0.15, 0.2) is 18.2 Å². The summed E-state index contributed by atoms with van der Waals surface area (Å²) in [5.74, 6) is 1.73. The monoisotopic (exact) mass is 246 g/mol. The van der Waals surface area contributed by atoms with Gasteiger partial charge in [0.1, 0.15) is 5.75 Å². The van der Waals surface area contributed by atoms with Gasteiger partial charge in [0.2, 0.25) is 0 Å². The Bertz CT molecular complexity index is 446. The highest BCUT2D eigenvalue weighted by Crippen LogP contribution is 2.36. The summed E-state index contributed by atoms with van der Waals surface area (Å²) in [7, 11) is 1.71. The van der Waals surface area contributed by atoms with Gasteiger partial charge in [0.25, 0.3) is 0 Å². The second kappa shape index (κ2) is 4.56. The van der Waals surface area contributed by atoms with E-state index >= 15 is 0 Å². The molecule has 3 unspecified atom stereocenters. The Balaban J connectivity index is 1.82. The predicted molar refractivity (Wildman–Crippen MR) is 72.8 cm³/mol. The number of fused-ring (bicyclic) bond motifs is 1. The minimum Gasteiger partial charge on any atom is -0.497 e. The summed E-state index contributed by atoms with van der Waals surface area (Å²) >= 11 is 0. The molecule has 1 saturated heterocycles. The van der Waals surface area contributed by atoms with E-state index in [0.29, 0.717) is 6.04 Å². The predicted octanol–water partition coefficient (Wildman–Crippen LogP) is 1.96. The number of hydrogen-bond acceptors (Lipinski definition) is 3. The molecule has 0 radical (unpaired) electrons. The van der Waals surface area contributed by atoms with Crippen molar-refractivity contribution in [2.45, 2.75) is 31.8 Å². The number of hydrogen-bond donors (Lipinski definition) is 1. The Morgan fingerprint density at radius 2 is 2.22 bits per heavy atom. The zero-order chi connectivity index (χ0) is 12.7. The Hall–Kier alpha value is -1.06. The summed E-state index contributed by atoms with van der Waals surface area (Å²) in [6, 6.07) is 6.95. The van der Waals surface area contributed by atoms with E-state index in [1.54, 1.807) is 7.11 Å². The maximum absolute atomic E-state index is 6.44. The summed E-state index contributed by atoms with van der Waals surface area (Å²) in [5.41, 5.74) is 9.12. The van der Waals surface area contributed by atoms with Crippen molar-refractivity contribution in [2.24, 2.45) is 11.7 Å². The van der Waals surface area contributed by atoms with Crippen molar-refractivity contribution in [1.29, 1.82) is 0 Å². The molecule has 0 bridgehead atoms. The molecular weight excluding hydrogens is 224 g/mol. The quantitative estimate of drug-likeness (QED) is 0.867. The molecular formula is C15H22N2O. The minimum atomic E-state index is 0.139. The zero-order valence-electron chi connectivity index (χ0n) is 11.2. The smallest absolute Gasteiger partial charge is 0.119 e. The van der Waals surface area contributed by atoms with Gasteiger partial charge in [0.15, 0.2) is 0 Å². The average molecular weight is 246 g/mol. The Labute approximate surface area is 109 Å². The first-order chi connectivity index (χ1) is 8.69. The maximum atomic E-state index is 6.44. The summed E-state index contributed by atoms with van der Waals surface area (Å²) in [6.45, 7) is 4.73. The third-order valence-electron chi connectivity index (χ3n) is 4.48. The van der Waals surface area contributed by atoms with Gasteiger partial charge >= 0.3 is 0 Å². The fourth-order valence-electron chi connectivity index (χ4n) is 3.38. The molecule has 1 aliphatic heterocycles. The largest absolute Gasteiger partial charge is 0.497 e. The van der Waals surface area contributed by atoms with Gasteiger partial charge < -0.3 is 10.5 Å². The third kappa shape index (κ3) is 1.91. The molecule has 98 valence electrons. The van der Waals surface area contributed by atoms with Crippen LogP contribution in [0.3, 0.4) is 0 Å². The van der Waals surface area contributed by atoms with Crippen molar-refractivity contribution in [2.75, 3.05) is 20.2 Å². The lowest BCUT2D eigenvalue weighted by molar-refractivity contribution is 0.216. The van der Waals surface area contributed by atoms with Crippen LogP contribution in [0.1, 0.15) is 30.5 Å². The molecule has 3 rings (SSSR count). The molecule has 1 fully saturated rings. The van der Waals surface area contributed by atoms with Crippen LogP contribution in [0.25, 0.3) is 0 Å². The molecule has 0 amide bonds. The fraction of sp³-hybridized carbons (Fsp3) is 0.600. The van der Waals surface area contributed by atoms with Crippen molar-refractivity contribution >= 4 is 0 Å². The van der Waals surface area contributed by atoms with E-state index in [1.807, 2.05) is 6.07 Å². The number of methoxy groups -OCH3 is 1. The van der Waals surface area contributed by atoms with Crippen molar-refractivity contribution in [3.05, 3.63) is 29.3 Å². The van der Waals surface area contributed by atoms with Crippen LogP contribution in [0.5, 0.6) is 5.75 Å². The van der Waals surface area contributed by atoms with Gasteiger partial charge in [-0.3, -0.25) is 4.90 Å². The van der Waals surface area contributed by atoms with Crippen LogP contribution in [0.4, 0.5) is 0 Å². The SMILES string of the molecule is COc1ccc2c(c1)C(N)C(N1CCC(C)C1)C2. The molecule has 1 aromatic carbocycles. The molecule has 18 heavy (non-hydrogen) atoms. The van der Waals surface area contributed by atoms with E-state index in [1.165, 1.54) is 30.6 Å². The zero-order valence-corrected chi connectivity index (χ0v) is 11.2. The van der Waals surface area contributed by atoms with Gasteiger partial charge in [-0.15, -0.1) is 0 Å². The number of nitrogens with two attached hydrogens (primary N) is 1. The lowest BCUT2D eigenvalue weighted by Crippen LogP contribution is -2.39. The highest BCUT2D eigenvalue weighted by molar-refractivity contribution is 5.42. The lowest BCUT2D eigenvalue weighted by Gasteiger charge is -2.27. The van der Waals surface area contributed by atoms with Crippen LogP contribution < -0.4 is 10.5 Å². The molecule has 1 aliphatic carbocycles. The molecule has 0 saturated carbocycles. The average Bonchev–Trinajstić information content (AvgIpc) is 2.94. The molecule has 1 heterocycles. The second-order valence-corrected chi connectivity index (χ2v) is 5.75. The van der Waals surface area contributed by atoms with Crippen LogP contribution in [0.2, 0.25) is 0 Å². The van der Waals surface area contributed by atoms with E-state index in [2.05, 4.69) is 24.0 Å². The number of nitrogens with zero attached hydrogens (tertiary/aromatic N) is 1. The molecule has 0 aromatic heterocycles. The number of likely N-dealkylation sites (tertiary alicyclic amines) is 1. The van der Waals surface area contributed by atoms with E-state index in [-0.39, 0.29) is 6.04 Å². The van der Waals surface area contributed by atoms with Crippen molar-refractivity contribution < 1.29 is 4.74 Å². The molecule has 2 N–H and O–H groups in total. The van der Waals surface area contributed by atoms with Gasteiger partial charge in [0.05, 0.1) is 7.11 Å².